The number of hydrogen-bond acceptors (Lipinski definition) is 3. The smallest absolute Gasteiger partial charge is 0.334 e. The van der Waals surface area contributed by atoms with Crippen LogP contribution in [-0.2, 0) is 16.1 Å². The highest BCUT2D eigenvalue weighted by molar-refractivity contribution is 5.90. The van der Waals surface area contributed by atoms with Crippen molar-refractivity contribution in [2.45, 2.75) is 25.6 Å². The van der Waals surface area contributed by atoms with E-state index in [4.69, 9.17) is 5.73 Å². The number of hydrogen-bond donors (Lipinski definition) is 2. The molecule has 0 saturated carbocycles. The summed E-state index contributed by atoms with van der Waals surface area (Å²) in [5.41, 5.74) is 6.25. The van der Waals surface area contributed by atoms with Crippen molar-refractivity contribution in [2.75, 3.05) is 18.9 Å². The van der Waals surface area contributed by atoms with Crippen LogP contribution in [0.1, 0.15) is 18.4 Å². The van der Waals surface area contributed by atoms with Gasteiger partial charge in [-0.05, 0) is 30.7 Å². The van der Waals surface area contributed by atoms with Crippen molar-refractivity contribution in [1.29, 1.82) is 0 Å². The highest BCUT2D eigenvalue weighted by atomic mass is 35.5. The third-order valence-corrected chi connectivity index (χ3v) is 2.83. The molecule has 0 aliphatic carbocycles. The summed E-state index contributed by atoms with van der Waals surface area (Å²) in [5, 5.41) is 2.63. The van der Waals surface area contributed by atoms with Crippen LogP contribution in [0.2, 0.25) is 0 Å². The van der Waals surface area contributed by atoms with Crippen molar-refractivity contribution >= 4 is 29.9 Å². The van der Waals surface area contributed by atoms with Gasteiger partial charge in [-0.25, -0.2) is 0 Å². The zero-order valence-corrected chi connectivity index (χ0v) is 13.3. The van der Waals surface area contributed by atoms with Crippen molar-refractivity contribution in [2.24, 2.45) is 5.73 Å². The van der Waals surface area contributed by atoms with Crippen LogP contribution in [0.3, 0.4) is 0 Å². The average Bonchev–Trinajstić information content (AvgIpc) is 2.43. The molecule has 3 N–H and O–H groups in total. The molecule has 0 heterocycles. The monoisotopic (exact) mass is 353 g/mol. The van der Waals surface area contributed by atoms with Crippen LogP contribution in [0, 0.1) is 0 Å². The highest BCUT2D eigenvalue weighted by Crippen LogP contribution is 2.20. The van der Waals surface area contributed by atoms with Gasteiger partial charge in [-0.2, -0.15) is 13.2 Å². The normalized spacial score (nSPS) is 10.7. The fraction of sp³-hybridized carbons (Fsp3) is 0.429. The van der Waals surface area contributed by atoms with Gasteiger partial charge < -0.3 is 16.0 Å². The molecule has 0 spiro atoms. The van der Waals surface area contributed by atoms with Gasteiger partial charge in [-0.3, -0.25) is 9.59 Å². The molecule has 0 bridgehead atoms. The van der Waals surface area contributed by atoms with Gasteiger partial charge in [0.2, 0.25) is 5.91 Å². The number of nitrogens with one attached hydrogen (secondary N) is 1. The molecule has 130 valence electrons. The van der Waals surface area contributed by atoms with E-state index in [1.165, 1.54) is 6.07 Å². The highest BCUT2D eigenvalue weighted by Gasteiger charge is 2.41. The van der Waals surface area contributed by atoms with Crippen molar-refractivity contribution < 1.29 is 22.8 Å². The molecule has 1 aromatic carbocycles. The van der Waals surface area contributed by atoms with Gasteiger partial charge in [0.15, 0.2) is 0 Å². The van der Waals surface area contributed by atoms with Gasteiger partial charge in [0.05, 0.1) is 0 Å². The Hall–Kier alpha value is -1.80. The number of carbonyl (C=O) groups excluding carboxylic acids is 2. The molecule has 0 saturated heterocycles. The number of alkyl halides is 3. The first-order valence-electron chi connectivity index (χ1n) is 6.65. The molecule has 2 amide bonds. The van der Waals surface area contributed by atoms with Crippen molar-refractivity contribution in [3.63, 3.8) is 0 Å². The quantitative estimate of drug-likeness (QED) is 0.824. The molecule has 9 heteroatoms. The maximum atomic E-state index is 12.3. The van der Waals surface area contributed by atoms with Crippen molar-refractivity contribution in [3.05, 3.63) is 29.8 Å². The zero-order chi connectivity index (χ0) is 16.8. The summed E-state index contributed by atoms with van der Waals surface area (Å²) >= 11 is 0. The van der Waals surface area contributed by atoms with E-state index in [9.17, 15) is 22.8 Å². The maximum Gasteiger partial charge on any atom is 0.471 e. The second kappa shape index (κ2) is 9.36. The predicted octanol–water partition coefficient (Wildman–Crippen LogP) is 2.31. The Labute approximate surface area is 138 Å². The number of benzene rings is 1. The zero-order valence-electron chi connectivity index (χ0n) is 12.5. The molecular weight excluding hydrogens is 335 g/mol. The van der Waals surface area contributed by atoms with Crippen LogP contribution in [0.25, 0.3) is 0 Å². The standard InChI is InChI=1S/C14H18F3N3O2.ClH/c1-20(13(22)14(15,16)17)9-10-4-2-5-11(8-10)19-12(21)6-3-7-18;/h2,4-5,8H,3,6-7,9,18H2,1H3,(H,19,21);1H. The Bertz CT molecular complexity index is 538. The van der Waals surface area contributed by atoms with E-state index in [-0.39, 0.29) is 31.3 Å². The van der Waals surface area contributed by atoms with Gasteiger partial charge in [0, 0.05) is 25.7 Å². The molecule has 0 aliphatic rings. The maximum absolute atomic E-state index is 12.3. The first kappa shape index (κ1) is 21.2. The first-order valence-corrected chi connectivity index (χ1v) is 6.65. The second-order valence-electron chi connectivity index (χ2n) is 4.80. The summed E-state index contributed by atoms with van der Waals surface area (Å²) in [6, 6.07) is 6.32. The topological polar surface area (TPSA) is 75.4 Å². The molecule has 0 aliphatic heterocycles. The number of carbonyl (C=O) groups is 2. The lowest BCUT2D eigenvalue weighted by Crippen LogP contribution is -2.37. The van der Waals surface area contributed by atoms with Crippen LogP contribution in [0.15, 0.2) is 24.3 Å². The first-order chi connectivity index (χ1) is 10.2. The summed E-state index contributed by atoms with van der Waals surface area (Å²) in [7, 11) is 1.07. The van der Waals surface area contributed by atoms with E-state index in [2.05, 4.69) is 5.32 Å². The molecule has 0 atom stereocenters. The van der Waals surface area contributed by atoms with E-state index < -0.39 is 12.1 Å². The van der Waals surface area contributed by atoms with Crippen molar-refractivity contribution in [3.8, 4) is 0 Å². The molecule has 0 radical (unpaired) electrons. The number of anilines is 1. The van der Waals surface area contributed by atoms with Gasteiger partial charge in [0.25, 0.3) is 0 Å². The van der Waals surface area contributed by atoms with E-state index in [1.807, 2.05) is 0 Å². The lowest BCUT2D eigenvalue weighted by Gasteiger charge is -2.19. The number of halogens is 4. The number of nitrogens with two attached hydrogens (primary N) is 1. The lowest BCUT2D eigenvalue weighted by molar-refractivity contribution is -0.184. The van der Waals surface area contributed by atoms with Crippen LogP contribution < -0.4 is 11.1 Å². The van der Waals surface area contributed by atoms with Gasteiger partial charge >= 0.3 is 12.1 Å². The number of nitrogens with zero attached hydrogens (tertiary/aromatic N) is 1. The minimum Gasteiger partial charge on any atom is -0.334 e. The SMILES string of the molecule is CN(Cc1cccc(NC(=O)CCCN)c1)C(=O)C(F)(F)F.Cl. The Morgan fingerprint density at radius 1 is 1.30 bits per heavy atom. The van der Waals surface area contributed by atoms with Crippen molar-refractivity contribution in [1.82, 2.24) is 4.90 Å². The molecule has 5 nitrogen and oxygen atoms in total. The lowest BCUT2D eigenvalue weighted by atomic mass is 10.2. The van der Waals surface area contributed by atoms with E-state index in [0.29, 0.717) is 29.1 Å². The summed E-state index contributed by atoms with van der Waals surface area (Å²) in [6.07, 6.45) is -4.08. The summed E-state index contributed by atoms with van der Waals surface area (Å²) < 4.78 is 36.9. The molecule has 23 heavy (non-hydrogen) atoms. The molecular formula is C14H19ClF3N3O2. The van der Waals surface area contributed by atoms with E-state index in [1.54, 1.807) is 18.2 Å². The Morgan fingerprint density at radius 2 is 1.96 bits per heavy atom. The Kier molecular flexibility index (Phi) is 8.63. The van der Waals surface area contributed by atoms with Crippen LogP contribution in [0.5, 0.6) is 0 Å². The van der Waals surface area contributed by atoms with Gasteiger partial charge in [0.1, 0.15) is 0 Å². The largest absolute Gasteiger partial charge is 0.471 e. The molecule has 0 aromatic heterocycles. The molecule has 0 fully saturated rings. The average molecular weight is 354 g/mol. The number of amides is 2. The second-order valence-corrected chi connectivity index (χ2v) is 4.80. The van der Waals surface area contributed by atoms with E-state index in [0.717, 1.165) is 7.05 Å². The third-order valence-electron chi connectivity index (χ3n) is 2.83. The molecule has 0 unspecified atom stereocenters. The van der Waals surface area contributed by atoms with Crippen LogP contribution >= 0.6 is 12.4 Å². The summed E-state index contributed by atoms with van der Waals surface area (Å²) in [4.78, 5) is 23.2. The molecule has 1 aromatic rings. The number of rotatable bonds is 6. The predicted molar refractivity (Wildman–Crippen MR) is 83.1 cm³/mol. The third kappa shape index (κ3) is 7.34. The minimum absolute atomic E-state index is 0. The fourth-order valence-electron chi connectivity index (χ4n) is 1.80. The summed E-state index contributed by atoms with van der Waals surface area (Å²) in [6.45, 7) is 0.197. The van der Waals surface area contributed by atoms with Gasteiger partial charge in [-0.1, -0.05) is 12.1 Å². The van der Waals surface area contributed by atoms with Crippen LogP contribution in [0.4, 0.5) is 18.9 Å². The van der Waals surface area contributed by atoms with Crippen LogP contribution in [-0.4, -0.2) is 36.5 Å². The minimum atomic E-state index is -4.90. The fourth-order valence-corrected chi connectivity index (χ4v) is 1.80. The van der Waals surface area contributed by atoms with Gasteiger partial charge in [-0.15, -0.1) is 12.4 Å². The van der Waals surface area contributed by atoms with E-state index >= 15 is 0 Å². The summed E-state index contributed by atoms with van der Waals surface area (Å²) in [5.74, 6) is -2.13. The Morgan fingerprint density at radius 3 is 2.52 bits per heavy atom. The Balaban J connectivity index is 0.00000484. The molecule has 1 rings (SSSR count).